The molecule has 0 unspecified atom stereocenters. The van der Waals surface area contributed by atoms with Crippen LogP contribution < -0.4 is 5.32 Å². The highest BCUT2D eigenvalue weighted by atomic mass is 32.2. The van der Waals surface area contributed by atoms with Gasteiger partial charge in [-0.05, 0) is 37.1 Å². The van der Waals surface area contributed by atoms with E-state index in [9.17, 15) is 9.18 Å². The molecule has 27 heavy (non-hydrogen) atoms. The molecule has 140 valence electrons. The van der Waals surface area contributed by atoms with E-state index in [2.05, 4.69) is 10.3 Å². The van der Waals surface area contributed by atoms with E-state index < -0.39 is 0 Å². The van der Waals surface area contributed by atoms with E-state index in [4.69, 9.17) is 0 Å². The summed E-state index contributed by atoms with van der Waals surface area (Å²) in [5.41, 5.74) is 1.81. The number of aromatic nitrogens is 1. The molecule has 4 nitrogen and oxygen atoms in total. The SMILES string of the molecule is C[C@H](c1nc2ccccc2s1)N(C)C(=O)N[C@H]1CCSc2c(F)cccc21. The van der Waals surface area contributed by atoms with Crippen molar-refractivity contribution in [2.75, 3.05) is 12.8 Å². The van der Waals surface area contributed by atoms with Crippen molar-refractivity contribution in [3.05, 3.63) is 58.9 Å². The molecule has 0 aliphatic carbocycles. The zero-order chi connectivity index (χ0) is 19.0. The molecule has 2 amide bonds. The number of amides is 2. The number of halogens is 1. The number of rotatable bonds is 3. The van der Waals surface area contributed by atoms with E-state index in [1.165, 1.54) is 17.8 Å². The number of thiazole rings is 1. The summed E-state index contributed by atoms with van der Waals surface area (Å²) < 4.78 is 15.2. The molecule has 1 aromatic heterocycles. The topological polar surface area (TPSA) is 45.2 Å². The van der Waals surface area contributed by atoms with E-state index in [-0.39, 0.29) is 23.9 Å². The first-order chi connectivity index (χ1) is 13.0. The molecule has 2 aromatic carbocycles. The molecule has 0 saturated carbocycles. The van der Waals surface area contributed by atoms with Crippen molar-refractivity contribution in [2.45, 2.75) is 30.3 Å². The lowest BCUT2D eigenvalue weighted by molar-refractivity contribution is 0.189. The maximum Gasteiger partial charge on any atom is 0.318 e. The van der Waals surface area contributed by atoms with Crippen molar-refractivity contribution in [1.29, 1.82) is 0 Å². The number of thioether (sulfide) groups is 1. The third kappa shape index (κ3) is 3.53. The summed E-state index contributed by atoms with van der Waals surface area (Å²) in [5.74, 6) is 0.573. The maximum atomic E-state index is 14.0. The van der Waals surface area contributed by atoms with Gasteiger partial charge >= 0.3 is 6.03 Å². The van der Waals surface area contributed by atoms with Crippen molar-refractivity contribution in [1.82, 2.24) is 15.2 Å². The number of nitrogens with zero attached hydrogens (tertiary/aromatic N) is 2. The molecule has 3 aromatic rings. The Labute approximate surface area is 165 Å². The lowest BCUT2D eigenvalue weighted by Gasteiger charge is -2.30. The first-order valence-electron chi connectivity index (χ1n) is 8.84. The van der Waals surface area contributed by atoms with Crippen LogP contribution in [0.4, 0.5) is 9.18 Å². The predicted octanol–water partition coefficient (Wildman–Crippen LogP) is 5.37. The van der Waals surface area contributed by atoms with Crippen LogP contribution in [-0.4, -0.2) is 28.7 Å². The Kier molecular flexibility index (Phi) is 5.06. The molecule has 2 heterocycles. The van der Waals surface area contributed by atoms with Gasteiger partial charge in [-0.25, -0.2) is 14.2 Å². The van der Waals surface area contributed by atoms with Crippen molar-refractivity contribution in [3.8, 4) is 0 Å². The van der Waals surface area contributed by atoms with Gasteiger partial charge in [0.25, 0.3) is 0 Å². The van der Waals surface area contributed by atoms with Gasteiger partial charge in [-0.3, -0.25) is 0 Å². The normalized spacial score (nSPS) is 17.4. The molecule has 1 aliphatic heterocycles. The minimum atomic E-state index is -0.215. The van der Waals surface area contributed by atoms with Gasteiger partial charge in [0.15, 0.2) is 0 Å². The molecular weight excluding hydrogens is 381 g/mol. The van der Waals surface area contributed by atoms with Crippen LogP contribution in [0.5, 0.6) is 0 Å². The Morgan fingerprint density at radius 3 is 2.93 bits per heavy atom. The highest BCUT2D eigenvalue weighted by Gasteiger charge is 2.27. The fourth-order valence-electron chi connectivity index (χ4n) is 3.20. The summed E-state index contributed by atoms with van der Waals surface area (Å²) in [6, 6.07) is 12.5. The number of para-hydroxylation sites is 1. The summed E-state index contributed by atoms with van der Waals surface area (Å²) in [7, 11) is 1.77. The quantitative estimate of drug-likeness (QED) is 0.641. The molecule has 0 radical (unpaired) electrons. The number of hydrogen-bond donors (Lipinski definition) is 1. The number of fused-ring (bicyclic) bond motifs is 2. The largest absolute Gasteiger partial charge is 0.331 e. The number of nitrogens with one attached hydrogen (secondary N) is 1. The van der Waals surface area contributed by atoms with Crippen molar-refractivity contribution in [3.63, 3.8) is 0 Å². The van der Waals surface area contributed by atoms with Gasteiger partial charge in [-0.2, -0.15) is 0 Å². The summed E-state index contributed by atoms with van der Waals surface area (Å²) in [6.45, 7) is 1.97. The second-order valence-corrected chi connectivity index (χ2v) is 8.77. The van der Waals surface area contributed by atoms with Gasteiger partial charge in [-0.15, -0.1) is 23.1 Å². The van der Waals surface area contributed by atoms with E-state index in [1.54, 1.807) is 29.4 Å². The highest BCUT2D eigenvalue weighted by molar-refractivity contribution is 7.99. The third-order valence-electron chi connectivity index (χ3n) is 4.89. The Bertz CT molecular complexity index is 957. The number of benzene rings is 2. The molecule has 0 spiro atoms. The van der Waals surface area contributed by atoms with Crippen LogP contribution >= 0.6 is 23.1 Å². The van der Waals surface area contributed by atoms with Crippen molar-refractivity contribution < 1.29 is 9.18 Å². The van der Waals surface area contributed by atoms with Crippen molar-refractivity contribution in [2.24, 2.45) is 0 Å². The summed E-state index contributed by atoms with van der Waals surface area (Å²) in [5, 5.41) is 3.97. The monoisotopic (exact) mass is 401 g/mol. The van der Waals surface area contributed by atoms with Gasteiger partial charge in [0, 0.05) is 17.7 Å². The molecule has 0 fully saturated rings. The molecule has 2 atom stereocenters. The summed E-state index contributed by atoms with van der Waals surface area (Å²) in [6.07, 6.45) is 0.788. The number of hydrogen-bond acceptors (Lipinski definition) is 4. The van der Waals surface area contributed by atoms with Gasteiger partial charge in [0.2, 0.25) is 0 Å². The number of carbonyl (C=O) groups is 1. The first-order valence-corrected chi connectivity index (χ1v) is 10.6. The first kappa shape index (κ1) is 18.3. The maximum absolute atomic E-state index is 14.0. The molecule has 4 rings (SSSR count). The van der Waals surface area contributed by atoms with E-state index in [0.717, 1.165) is 33.0 Å². The standard InChI is InChI=1S/C20H20FN3OS2/c1-12(19-22-16-8-3-4-9-17(16)27-19)24(2)20(25)23-15-10-11-26-18-13(15)6-5-7-14(18)21/h3-9,12,15H,10-11H2,1-2H3,(H,23,25)/t12-,15+/m1/s1. The van der Waals surface area contributed by atoms with Crippen LogP contribution in [0.2, 0.25) is 0 Å². The lowest BCUT2D eigenvalue weighted by Crippen LogP contribution is -2.41. The average molecular weight is 402 g/mol. The summed E-state index contributed by atoms with van der Waals surface area (Å²) >= 11 is 3.11. The van der Waals surface area contributed by atoms with E-state index >= 15 is 0 Å². The third-order valence-corrected chi connectivity index (χ3v) is 7.26. The second kappa shape index (κ2) is 7.48. The molecule has 0 saturated heterocycles. The van der Waals surface area contributed by atoms with E-state index in [1.807, 2.05) is 37.3 Å². The van der Waals surface area contributed by atoms with Gasteiger partial charge in [0.1, 0.15) is 10.8 Å². The van der Waals surface area contributed by atoms with Crippen LogP contribution in [0.1, 0.15) is 36.0 Å². The minimum absolute atomic E-state index is 0.146. The zero-order valence-electron chi connectivity index (χ0n) is 15.1. The van der Waals surface area contributed by atoms with Crippen LogP contribution in [0, 0.1) is 5.82 Å². The fourth-order valence-corrected chi connectivity index (χ4v) is 5.40. The van der Waals surface area contributed by atoms with Crippen LogP contribution in [0.15, 0.2) is 47.4 Å². The van der Waals surface area contributed by atoms with Crippen LogP contribution in [0.25, 0.3) is 10.2 Å². The summed E-state index contributed by atoms with van der Waals surface area (Å²) in [4.78, 5) is 19.8. The Balaban J connectivity index is 1.51. The van der Waals surface area contributed by atoms with Crippen LogP contribution in [0.3, 0.4) is 0 Å². The van der Waals surface area contributed by atoms with Crippen LogP contribution in [-0.2, 0) is 0 Å². The Morgan fingerprint density at radius 2 is 2.11 bits per heavy atom. The Morgan fingerprint density at radius 1 is 1.30 bits per heavy atom. The molecular formula is C20H20FN3OS2. The molecule has 0 bridgehead atoms. The number of urea groups is 1. The highest BCUT2D eigenvalue weighted by Crippen LogP contribution is 2.38. The molecule has 1 N–H and O–H groups in total. The lowest BCUT2D eigenvalue weighted by atomic mass is 10.0. The van der Waals surface area contributed by atoms with Gasteiger partial charge < -0.3 is 10.2 Å². The predicted molar refractivity (Wildman–Crippen MR) is 109 cm³/mol. The van der Waals surface area contributed by atoms with Gasteiger partial charge in [0.05, 0.1) is 22.3 Å². The minimum Gasteiger partial charge on any atom is -0.331 e. The second-order valence-electron chi connectivity index (χ2n) is 6.60. The smallest absolute Gasteiger partial charge is 0.318 e. The number of carbonyl (C=O) groups excluding carboxylic acids is 1. The zero-order valence-corrected chi connectivity index (χ0v) is 16.7. The Hall–Kier alpha value is -2.12. The van der Waals surface area contributed by atoms with E-state index in [0.29, 0.717) is 4.90 Å². The van der Waals surface area contributed by atoms with Gasteiger partial charge in [-0.1, -0.05) is 24.3 Å². The van der Waals surface area contributed by atoms with Crippen molar-refractivity contribution >= 4 is 39.3 Å². The average Bonchev–Trinajstić information content (AvgIpc) is 3.12. The fraction of sp³-hybridized carbons (Fsp3) is 0.300. The molecule has 1 aliphatic rings. The molecule has 7 heteroatoms.